The molecule has 0 aliphatic rings. The average Bonchev–Trinajstić information content (AvgIpc) is 3.01. The number of nitrogens with one attached hydrogen (secondary N) is 2. The number of amides is 1. The molecule has 0 fully saturated rings. The van der Waals surface area contributed by atoms with Crippen LogP contribution in [-0.4, -0.2) is 26.1 Å². The molecule has 6 nitrogen and oxygen atoms in total. The Bertz CT molecular complexity index is 826. The predicted molar refractivity (Wildman–Crippen MR) is 83.5 cm³/mol. The number of fused-ring (bicyclic) bond motifs is 1. The fraction of sp³-hybridized carbons (Fsp3) is 0.250. The Morgan fingerprint density at radius 2 is 2.09 bits per heavy atom. The average molecular weight is 295 g/mol. The lowest BCUT2D eigenvalue weighted by Crippen LogP contribution is -2.28. The van der Waals surface area contributed by atoms with Gasteiger partial charge in [-0.05, 0) is 39.0 Å². The number of nitrogens with zero attached hydrogens (tertiary/aromatic N) is 3. The van der Waals surface area contributed by atoms with E-state index in [2.05, 4.69) is 25.5 Å². The van der Waals surface area contributed by atoms with Crippen LogP contribution in [-0.2, 0) is 0 Å². The molecule has 1 aromatic carbocycles. The number of aromatic amines is 1. The molecule has 0 saturated heterocycles. The second-order valence-electron chi connectivity index (χ2n) is 5.38. The Labute approximate surface area is 128 Å². The SMILES string of the molecule is Cc1ccc2nc(C)c(C(=O)N[C@H](C)c3ncn[nH]3)cc2c1. The summed E-state index contributed by atoms with van der Waals surface area (Å²) in [7, 11) is 0. The van der Waals surface area contributed by atoms with Crippen LogP contribution in [0.5, 0.6) is 0 Å². The van der Waals surface area contributed by atoms with Gasteiger partial charge in [-0.25, -0.2) is 4.98 Å². The first-order valence-corrected chi connectivity index (χ1v) is 7.09. The number of hydrogen-bond acceptors (Lipinski definition) is 4. The minimum absolute atomic E-state index is 0.169. The molecule has 0 radical (unpaired) electrons. The lowest BCUT2D eigenvalue weighted by atomic mass is 10.1. The number of aryl methyl sites for hydroxylation is 2. The normalized spacial score (nSPS) is 12.3. The van der Waals surface area contributed by atoms with Crippen LogP contribution in [0.2, 0.25) is 0 Å². The van der Waals surface area contributed by atoms with Crippen LogP contribution in [0.1, 0.15) is 40.4 Å². The maximum Gasteiger partial charge on any atom is 0.253 e. The number of carbonyl (C=O) groups excluding carboxylic acids is 1. The monoisotopic (exact) mass is 295 g/mol. The maximum atomic E-state index is 12.5. The van der Waals surface area contributed by atoms with Crippen molar-refractivity contribution in [1.82, 2.24) is 25.5 Å². The molecule has 2 N–H and O–H groups in total. The molecule has 0 aliphatic heterocycles. The highest BCUT2D eigenvalue weighted by Crippen LogP contribution is 2.18. The largest absolute Gasteiger partial charge is 0.342 e. The third kappa shape index (κ3) is 2.67. The van der Waals surface area contributed by atoms with E-state index in [9.17, 15) is 4.79 Å². The van der Waals surface area contributed by atoms with Gasteiger partial charge >= 0.3 is 0 Å². The Balaban J connectivity index is 1.91. The first kappa shape index (κ1) is 14.2. The van der Waals surface area contributed by atoms with Crippen molar-refractivity contribution in [3.63, 3.8) is 0 Å². The highest BCUT2D eigenvalue weighted by atomic mass is 16.1. The number of aromatic nitrogens is 4. The number of rotatable bonds is 3. The summed E-state index contributed by atoms with van der Waals surface area (Å²) in [6, 6.07) is 7.64. The zero-order chi connectivity index (χ0) is 15.7. The molecule has 1 amide bonds. The van der Waals surface area contributed by atoms with Crippen LogP contribution < -0.4 is 5.32 Å². The van der Waals surface area contributed by atoms with Crippen LogP contribution in [0.3, 0.4) is 0 Å². The number of hydrogen-bond donors (Lipinski definition) is 2. The van der Waals surface area contributed by atoms with E-state index < -0.39 is 0 Å². The van der Waals surface area contributed by atoms with Gasteiger partial charge in [0, 0.05) is 5.39 Å². The van der Waals surface area contributed by atoms with Crippen LogP contribution in [0.15, 0.2) is 30.6 Å². The van der Waals surface area contributed by atoms with Gasteiger partial charge in [0.2, 0.25) is 0 Å². The number of pyridine rings is 1. The molecule has 6 heteroatoms. The van der Waals surface area contributed by atoms with Crippen molar-refractivity contribution in [1.29, 1.82) is 0 Å². The fourth-order valence-corrected chi connectivity index (χ4v) is 2.39. The van der Waals surface area contributed by atoms with Crippen molar-refractivity contribution in [2.24, 2.45) is 0 Å². The zero-order valence-electron chi connectivity index (χ0n) is 12.7. The van der Waals surface area contributed by atoms with Gasteiger partial charge < -0.3 is 5.32 Å². The van der Waals surface area contributed by atoms with Crippen molar-refractivity contribution < 1.29 is 4.79 Å². The van der Waals surface area contributed by atoms with E-state index in [0.717, 1.165) is 16.5 Å². The summed E-state index contributed by atoms with van der Waals surface area (Å²) >= 11 is 0. The highest BCUT2D eigenvalue weighted by Gasteiger charge is 2.16. The van der Waals surface area contributed by atoms with Gasteiger partial charge in [0.25, 0.3) is 5.91 Å². The van der Waals surface area contributed by atoms with Gasteiger partial charge in [0.1, 0.15) is 12.2 Å². The first-order chi connectivity index (χ1) is 10.5. The van der Waals surface area contributed by atoms with Crippen LogP contribution >= 0.6 is 0 Å². The van der Waals surface area contributed by atoms with E-state index in [1.165, 1.54) is 6.33 Å². The Hall–Kier alpha value is -2.76. The third-order valence-electron chi connectivity index (χ3n) is 3.60. The Kier molecular flexibility index (Phi) is 3.58. The second-order valence-corrected chi connectivity index (χ2v) is 5.38. The number of H-pyrrole nitrogens is 1. The lowest BCUT2D eigenvalue weighted by molar-refractivity contribution is 0.0937. The van der Waals surface area contributed by atoms with Gasteiger partial charge in [-0.1, -0.05) is 11.6 Å². The number of benzene rings is 1. The van der Waals surface area contributed by atoms with Gasteiger partial charge in [-0.15, -0.1) is 0 Å². The topological polar surface area (TPSA) is 83.6 Å². The maximum absolute atomic E-state index is 12.5. The van der Waals surface area contributed by atoms with Crippen molar-refractivity contribution in [2.45, 2.75) is 26.8 Å². The summed E-state index contributed by atoms with van der Waals surface area (Å²) in [5.41, 5.74) is 3.31. The van der Waals surface area contributed by atoms with E-state index in [0.29, 0.717) is 17.1 Å². The fourth-order valence-electron chi connectivity index (χ4n) is 2.39. The molecule has 2 heterocycles. The van der Waals surface area contributed by atoms with E-state index in [-0.39, 0.29) is 11.9 Å². The van der Waals surface area contributed by atoms with Crippen LogP contribution in [0.4, 0.5) is 0 Å². The quantitative estimate of drug-likeness (QED) is 0.777. The van der Waals surface area contributed by atoms with Crippen molar-refractivity contribution in [2.75, 3.05) is 0 Å². The van der Waals surface area contributed by atoms with E-state index in [1.54, 1.807) is 0 Å². The summed E-state index contributed by atoms with van der Waals surface area (Å²) < 4.78 is 0. The zero-order valence-corrected chi connectivity index (χ0v) is 12.7. The summed E-state index contributed by atoms with van der Waals surface area (Å²) in [6.07, 6.45) is 1.42. The summed E-state index contributed by atoms with van der Waals surface area (Å²) in [5.74, 6) is 0.452. The second kappa shape index (κ2) is 5.55. The molecule has 0 spiro atoms. The first-order valence-electron chi connectivity index (χ1n) is 7.09. The van der Waals surface area contributed by atoms with E-state index >= 15 is 0 Å². The predicted octanol–water partition coefficient (Wildman–Crippen LogP) is 2.46. The van der Waals surface area contributed by atoms with Crippen molar-refractivity contribution >= 4 is 16.8 Å². The summed E-state index contributed by atoms with van der Waals surface area (Å²) in [6.45, 7) is 5.71. The standard InChI is InChI=1S/C16H17N5O/c1-9-4-5-14-12(6-9)7-13(10(2)19-14)16(22)20-11(3)15-17-8-18-21-15/h4-8,11H,1-3H3,(H,20,22)(H,17,18,21)/t11-/m1/s1. The van der Waals surface area contributed by atoms with E-state index in [4.69, 9.17) is 0 Å². The molecule has 0 unspecified atom stereocenters. The van der Waals surface area contributed by atoms with Crippen molar-refractivity contribution in [3.8, 4) is 0 Å². The molecular weight excluding hydrogens is 278 g/mol. The molecule has 0 bridgehead atoms. The van der Waals surface area contributed by atoms with E-state index in [1.807, 2.05) is 45.0 Å². The molecule has 0 saturated carbocycles. The summed E-state index contributed by atoms with van der Waals surface area (Å²) in [5, 5.41) is 10.4. The van der Waals surface area contributed by atoms with Crippen LogP contribution in [0, 0.1) is 13.8 Å². The molecule has 0 aliphatic carbocycles. The van der Waals surface area contributed by atoms with Gasteiger partial charge in [-0.2, -0.15) is 5.10 Å². The molecule has 1 atom stereocenters. The summed E-state index contributed by atoms with van der Waals surface area (Å²) in [4.78, 5) is 21.0. The molecule has 3 aromatic rings. The minimum Gasteiger partial charge on any atom is -0.342 e. The molecule has 2 aromatic heterocycles. The van der Waals surface area contributed by atoms with Gasteiger partial charge in [0.15, 0.2) is 0 Å². The number of carbonyl (C=O) groups is 1. The molecule has 3 rings (SSSR count). The lowest BCUT2D eigenvalue weighted by Gasteiger charge is -2.13. The highest BCUT2D eigenvalue weighted by molar-refractivity contribution is 5.98. The third-order valence-corrected chi connectivity index (χ3v) is 3.60. The van der Waals surface area contributed by atoms with Gasteiger partial charge in [-0.3, -0.25) is 14.9 Å². The van der Waals surface area contributed by atoms with Crippen LogP contribution in [0.25, 0.3) is 10.9 Å². The smallest absolute Gasteiger partial charge is 0.253 e. The Morgan fingerprint density at radius 1 is 1.27 bits per heavy atom. The minimum atomic E-state index is -0.248. The van der Waals surface area contributed by atoms with Gasteiger partial charge in [0.05, 0.1) is 22.8 Å². The molecule has 22 heavy (non-hydrogen) atoms. The Morgan fingerprint density at radius 3 is 2.82 bits per heavy atom. The molecular formula is C16H17N5O. The van der Waals surface area contributed by atoms with Crippen molar-refractivity contribution in [3.05, 3.63) is 53.2 Å². The molecule has 112 valence electrons.